The highest BCUT2D eigenvalue weighted by atomic mass is 16.5. The number of nitrogens with zero attached hydrogens (tertiary/aromatic N) is 3. The van der Waals surface area contributed by atoms with Crippen LogP contribution in [0.1, 0.15) is 38.4 Å². The number of aromatic nitrogens is 2. The van der Waals surface area contributed by atoms with Gasteiger partial charge in [-0.15, -0.1) is 0 Å². The SMILES string of the molecule is CC(C)(c1noc(CC2CCCO2)n1)N1CCNCC1. The Balaban J connectivity index is 1.67. The predicted molar refractivity (Wildman–Crippen MR) is 74.4 cm³/mol. The first-order valence-corrected chi connectivity index (χ1v) is 7.57. The number of nitrogens with one attached hydrogen (secondary N) is 1. The van der Waals surface area contributed by atoms with Gasteiger partial charge >= 0.3 is 0 Å². The zero-order valence-corrected chi connectivity index (χ0v) is 12.4. The van der Waals surface area contributed by atoms with Gasteiger partial charge in [0.15, 0.2) is 5.82 Å². The fraction of sp³-hybridized carbons (Fsp3) is 0.857. The molecule has 1 atom stereocenters. The van der Waals surface area contributed by atoms with Crippen molar-refractivity contribution in [3.63, 3.8) is 0 Å². The van der Waals surface area contributed by atoms with Gasteiger partial charge in [-0.1, -0.05) is 5.16 Å². The molecule has 6 heteroatoms. The molecule has 0 amide bonds. The Morgan fingerprint density at radius 3 is 2.85 bits per heavy atom. The van der Waals surface area contributed by atoms with Crippen LogP contribution in [0.5, 0.6) is 0 Å². The number of ether oxygens (including phenoxy) is 1. The summed E-state index contributed by atoms with van der Waals surface area (Å²) in [6.45, 7) is 9.26. The number of hydrogen-bond donors (Lipinski definition) is 1. The summed E-state index contributed by atoms with van der Waals surface area (Å²) in [6, 6.07) is 0. The molecule has 2 saturated heterocycles. The van der Waals surface area contributed by atoms with Gasteiger partial charge in [-0.05, 0) is 26.7 Å². The van der Waals surface area contributed by atoms with Crippen LogP contribution in [0, 0.1) is 0 Å². The first-order valence-electron chi connectivity index (χ1n) is 7.57. The molecular weight excluding hydrogens is 256 g/mol. The first kappa shape index (κ1) is 14.0. The van der Waals surface area contributed by atoms with Gasteiger partial charge in [0.2, 0.25) is 5.89 Å². The van der Waals surface area contributed by atoms with Crippen LogP contribution >= 0.6 is 0 Å². The Hall–Kier alpha value is -0.980. The van der Waals surface area contributed by atoms with E-state index in [1.807, 2.05) is 0 Å². The molecule has 3 rings (SSSR count). The minimum atomic E-state index is -0.180. The average molecular weight is 280 g/mol. The Kier molecular flexibility index (Phi) is 4.05. The van der Waals surface area contributed by atoms with Crippen LogP contribution in [0.4, 0.5) is 0 Å². The van der Waals surface area contributed by atoms with Gasteiger partial charge in [0, 0.05) is 32.8 Å². The lowest BCUT2D eigenvalue weighted by Crippen LogP contribution is -2.52. The molecule has 1 N–H and O–H groups in total. The summed E-state index contributed by atoms with van der Waals surface area (Å²) < 4.78 is 11.0. The molecule has 0 spiro atoms. The minimum absolute atomic E-state index is 0.180. The molecule has 2 fully saturated rings. The van der Waals surface area contributed by atoms with E-state index in [9.17, 15) is 0 Å². The third-order valence-electron chi connectivity index (χ3n) is 4.35. The van der Waals surface area contributed by atoms with Crippen LogP contribution in [0.3, 0.4) is 0 Å². The smallest absolute Gasteiger partial charge is 0.229 e. The van der Waals surface area contributed by atoms with E-state index < -0.39 is 0 Å². The normalized spacial score (nSPS) is 25.2. The van der Waals surface area contributed by atoms with Crippen molar-refractivity contribution >= 4 is 0 Å². The van der Waals surface area contributed by atoms with E-state index >= 15 is 0 Å². The van der Waals surface area contributed by atoms with Gasteiger partial charge in [0.05, 0.1) is 18.1 Å². The molecular formula is C14H24N4O2. The van der Waals surface area contributed by atoms with Gasteiger partial charge in [-0.2, -0.15) is 4.98 Å². The number of piperazine rings is 1. The second-order valence-corrected chi connectivity index (χ2v) is 6.15. The molecule has 1 aromatic heterocycles. The van der Waals surface area contributed by atoms with Crippen LogP contribution < -0.4 is 5.32 Å². The van der Waals surface area contributed by atoms with E-state index in [-0.39, 0.29) is 11.6 Å². The molecule has 0 aliphatic carbocycles. The third kappa shape index (κ3) is 2.87. The van der Waals surface area contributed by atoms with Crippen LogP contribution in [-0.2, 0) is 16.7 Å². The summed E-state index contributed by atoms with van der Waals surface area (Å²) in [5.41, 5.74) is -0.180. The molecule has 1 unspecified atom stereocenters. The Morgan fingerprint density at radius 1 is 1.35 bits per heavy atom. The maximum absolute atomic E-state index is 5.62. The second-order valence-electron chi connectivity index (χ2n) is 6.15. The quantitative estimate of drug-likeness (QED) is 0.885. The average Bonchev–Trinajstić information content (AvgIpc) is 3.12. The highest BCUT2D eigenvalue weighted by Gasteiger charge is 2.34. The lowest BCUT2D eigenvalue weighted by molar-refractivity contribution is 0.0923. The van der Waals surface area contributed by atoms with E-state index in [1.165, 1.54) is 0 Å². The Bertz CT molecular complexity index is 434. The molecule has 20 heavy (non-hydrogen) atoms. The molecule has 112 valence electrons. The van der Waals surface area contributed by atoms with E-state index in [1.54, 1.807) is 0 Å². The summed E-state index contributed by atoms with van der Waals surface area (Å²) in [5.74, 6) is 1.49. The standard InChI is InChI=1S/C14H24N4O2/c1-14(2,18-7-5-15-6-8-18)13-16-12(20-17-13)10-11-4-3-9-19-11/h11,15H,3-10H2,1-2H3. The monoisotopic (exact) mass is 280 g/mol. The zero-order chi connectivity index (χ0) is 14.0. The van der Waals surface area contributed by atoms with Crippen molar-refractivity contribution < 1.29 is 9.26 Å². The molecule has 0 bridgehead atoms. The summed E-state index contributed by atoms with van der Waals surface area (Å²) >= 11 is 0. The van der Waals surface area contributed by atoms with Gasteiger partial charge in [0.25, 0.3) is 0 Å². The number of rotatable bonds is 4. The molecule has 2 aliphatic heterocycles. The van der Waals surface area contributed by atoms with Crippen LogP contribution in [0.2, 0.25) is 0 Å². The highest BCUT2D eigenvalue weighted by Crippen LogP contribution is 2.26. The fourth-order valence-electron chi connectivity index (χ4n) is 2.95. The van der Waals surface area contributed by atoms with Crippen molar-refractivity contribution in [1.82, 2.24) is 20.4 Å². The van der Waals surface area contributed by atoms with Gasteiger partial charge in [-0.25, -0.2) is 0 Å². The fourth-order valence-corrected chi connectivity index (χ4v) is 2.95. The largest absolute Gasteiger partial charge is 0.378 e. The second kappa shape index (κ2) is 5.79. The van der Waals surface area contributed by atoms with Crippen molar-refractivity contribution in [3.05, 3.63) is 11.7 Å². The third-order valence-corrected chi connectivity index (χ3v) is 4.35. The zero-order valence-electron chi connectivity index (χ0n) is 12.4. The number of hydrogen-bond acceptors (Lipinski definition) is 6. The van der Waals surface area contributed by atoms with Crippen LogP contribution in [0.25, 0.3) is 0 Å². The summed E-state index contributed by atoms with van der Waals surface area (Å²) in [7, 11) is 0. The predicted octanol–water partition coefficient (Wildman–Crippen LogP) is 0.931. The lowest BCUT2D eigenvalue weighted by Gasteiger charge is -2.38. The molecule has 0 saturated carbocycles. The van der Waals surface area contributed by atoms with Crippen LogP contribution in [0.15, 0.2) is 4.52 Å². The topological polar surface area (TPSA) is 63.4 Å². The Morgan fingerprint density at radius 2 is 2.15 bits per heavy atom. The van der Waals surface area contributed by atoms with E-state index in [0.29, 0.717) is 5.89 Å². The molecule has 1 aromatic rings. The van der Waals surface area contributed by atoms with Crippen molar-refractivity contribution in [2.24, 2.45) is 0 Å². The molecule has 3 heterocycles. The highest BCUT2D eigenvalue weighted by molar-refractivity contribution is 5.03. The van der Waals surface area contributed by atoms with E-state index in [2.05, 4.69) is 34.2 Å². The summed E-state index contributed by atoms with van der Waals surface area (Å²) in [5, 5.41) is 7.57. The first-order chi connectivity index (χ1) is 9.66. The maximum Gasteiger partial charge on any atom is 0.229 e. The lowest BCUT2D eigenvalue weighted by atomic mass is 10.0. The molecule has 0 aromatic carbocycles. The minimum Gasteiger partial charge on any atom is -0.378 e. The molecule has 2 aliphatic rings. The maximum atomic E-state index is 5.62. The molecule has 0 radical (unpaired) electrons. The van der Waals surface area contributed by atoms with Crippen molar-refractivity contribution in [2.75, 3.05) is 32.8 Å². The summed E-state index contributed by atoms with van der Waals surface area (Å²) in [6.07, 6.45) is 3.23. The van der Waals surface area contributed by atoms with Crippen molar-refractivity contribution in [2.45, 2.75) is 44.8 Å². The Labute approximate surface area is 119 Å². The van der Waals surface area contributed by atoms with Crippen molar-refractivity contribution in [1.29, 1.82) is 0 Å². The van der Waals surface area contributed by atoms with Crippen LogP contribution in [-0.4, -0.2) is 53.9 Å². The van der Waals surface area contributed by atoms with Gasteiger partial charge in [-0.3, -0.25) is 4.90 Å². The van der Waals surface area contributed by atoms with E-state index in [4.69, 9.17) is 9.26 Å². The van der Waals surface area contributed by atoms with Gasteiger partial charge in [0.1, 0.15) is 0 Å². The van der Waals surface area contributed by atoms with Gasteiger partial charge < -0.3 is 14.6 Å². The summed E-state index contributed by atoms with van der Waals surface area (Å²) in [4.78, 5) is 7.01. The van der Waals surface area contributed by atoms with Crippen molar-refractivity contribution in [3.8, 4) is 0 Å². The van der Waals surface area contributed by atoms with E-state index in [0.717, 1.165) is 57.9 Å². The molecule has 6 nitrogen and oxygen atoms in total.